The van der Waals surface area contributed by atoms with Gasteiger partial charge in [-0.05, 0) is 36.4 Å². The Morgan fingerprint density at radius 1 is 0.750 bits per heavy atom. The molecule has 1 N–H and O–H groups in total. The Hall–Kier alpha value is -1.81. The van der Waals surface area contributed by atoms with Crippen LogP contribution in [0, 0.1) is 0 Å². The quantitative estimate of drug-likeness (QED) is 0.866. The number of benzene rings is 2. The summed E-state index contributed by atoms with van der Waals surface area (Å²) in [6.45, 7) is 0. The van der Waals surface area contributed by atoms with Crippen LogP contribution in [-0.2, 0) is 9.84 Å². The summed E-state index contributed by atoms with van der Waals surface area (Å²) in [4.78, 5) is 0.428. The van der Waals surface area contributed by atoms with Crippen LogP contribution in [0.2, 0.25) is 0 Å². The van der Waals surface area contributed by atoms with Crippen molar-refractivity contribution in [3.8, 4) is 5.75 Å². The third kappa shape index (κ3) is 1.92. The maximum Gasteiger partial charge on any atom is 0.206 e. The molecule has 3 nitrogen and oxygen atoms in total. The summed E-state index contributed by atoms with van der Waals surface area (Å²) < 4.78 is 24.1. The zero-order valence-corrected chi connectivity index (χ0v) is 9.18. The van der Waals surface area contributed by atoms with Crippen molar-refractivity contribution < 1.29 is 13.5 Å². The first kappa shape index (κ1) is 10.7. The Balaban J connectivity index is 2.52. The van der Waals surface area contributed by atoms with Crippen molar-refractivity contribution in [1.29, 1.82) is 0 Å². The predicted octanol–water partition coefficient (Wildman–Crippen LogP) is 2.23. The van der Waals surface area contributed by atoms with Crippen LogP contribution >= 0.6 is 0 Å². The van der Waals surface area contributed by atoms with Crippen molar-refractivity contribution in [2.75, 3.05) is 0 Å². The third-order valence-corrected chi connectivity index (χ3v) is 3.99. The molecule has 2 rings (SSSR count). The second kappa shape index (κ2) is 3.98. The van der Waals surface area contributed by atoms with E-state index in [0.717, 1.165) is 0 Å². The van der Waals surface area contributed by atoms with Crippen LogP contribution in [0.3, 0.4) is 0 Å². The summed E-state index contributed by atoms with van der Waals surface area (Å²) in [6, 6.07) is 13.7. The fraction of sp³-hybridized carbons (Fsp3) is 0. The van der Waals surface area contributed by atoms with Gasteiger partial charge in [-0.15, -0.1) is 0 Å². The van der Waals surface area contributed by atoms with E-state index < -0.39 is 9.84 Å². The van der Waals surface area contributed by atoms with Crippen LogP contribution in [0.1, 0.15) is 0 Å². The van der Waals surface area contributed by atoms with Gasteiger partial charge in [0.2, 0.25) is 9.84 Å². The summed E-state index contributed by atoms with van der Waals surface area (Å²) in [6.07, 6.45) is 0. The third-order valence-electron chi connectivity index (χ3n) is 2.20. The Labute approximate surface area is 93.9 Å². The van der Waals surface area contributed by atoms with Gasteiger partial charge < -0.3 is 5.11 Å². The Kier molecular flexibility index (Phi) is 2.66. The molecule has 4 heteroatoms. The number of sulfone groups is 1. The molecule has 0 saturated heterocycles. The molecule has 0 radical (unpaired) electrons. The minimum atomic E-state index is -3.47. The molecule has 0 bridgehead atoms. The molecule has 0 fully saturated rings. The van der Waals surface area contributed by atoms with Crippen LogP contribution in [0.4, 0.5) is 0 Å². The second-order valence-electron chi connectivity index (χ2n) is 3.31. The smallest absolute Gasteiger partial charge is 0.206 e. The average molecular weight is 234 g/mol. The van der Waals surface area contributed by atoms with E-state index in [1.165, 1.54) is 24.3 Å². The van der Waals surface area contributed by atoms with Crippen molar-refractivity contribution in [3.63, 3.8) is 0 Å². The first-order valence-corrected chi connectivity index (χ1v) is 6.18. The molecule has 0 heterocycles. The molecule has 0 atom stereocenters. The molecule has 0 aliphatic rings. The lowest BCUT2D eigenvalue weighted by atomic mass is 10.3. The number of phenols is 1. The van der Waals surface area contributed by atoms with Gasteiger partial charge in [-0.1, -0.05) is 18.2 Å². The summed E-state index contributed by atoms with van der Waals surface area (Å²) >= 11 is 0. The molecule has 0 amide bonds. The number of phenolic OH excluding ortho intramolecular Hbond substituents is 1. The highest BCUT2D eigenvalue weighted by molar-refractivity contribution is 7.91. The first-order chi connectivity index (χ1) is 7.60. The summed E-state index contributed by atoms with van der Waals surface area (Å²) in [5, 5.41) is 9.10. The van der Waals surface area contributed by atoms with E-state index >= 15 is 0 Å². The standard InChI is InChI=1S/C12H10O3S/c13-10-6-8-12(9-7-10)16(14,15)11-4-2-1-3-5-11/h1-9,13H. The van der Waals surface area contributed by atoms with Crippen molar-refractivity contribution >= 4 is 9.84 Å². The van der Waals surface area contributed by atoms with Gasteiger partial charge >= 0.3 is 0 Å². The number of hydrogen-bond donors (Lipinski definition) is 1. The molecule has 0 saturated carbocycles. The van der Waals surface area contributed by atoms with E-state index in [2.05, 4.69) is 0 Å². The van der Waals surface area contributed by atoms with Gasteiger partial charge in [0.15, 0.2) is 0 Å². The van der Waals surface area contributed by atoms with E-state index in [0.29, 0.717) is 0 Å². The van der Waals surface area contributed by atoms with Gasteiger partial charge in [-0.3, -0.25) is 0 Å². The normalized spacial score (nSPS) is 11.2. The van der Waals surface area contributed by atoms with Crippen LogP contribution in [0.25, 0.3) is 0 Å². The van der Waals surface area contributed by atoms with Gasteiger partial charge in [0.1, 0.15) is 5.75 Å². The highest BCUT2D eigenvalue weighted by Crippen LogP contribution is 2.21. The van der Waals surface area contributed by atoms with Gasteiger partial charge in [0.05, 0.1) is 9.79 Å². The SMILES string of the molecule is O=S(=O)(c1ccccc1)c1ccc(O)cc1. The van der Waals surface area contributed by atoms with Gasteiger partial charge in [-0.25, -0.2) is 8.42 Å². The van der Waals surface area contributed by atoms with E-state index in [-0.39, 0.29) is 15.5 Å². The monoisotopic (exact) mass is 234 g/mol. The molecular formula is C12H10O3S. The minimum absolute atomic E-state index is 0.0482. The Morgan fingerprint density at radius 3 is 1.81 bits per heavy atom. The van der Waals surface area contributed by atoms with E-state index in [1.54, 1.807) is 30.3 Å². The second-order valence-corrected chi connectivity index (χ2v) is 5.26. The van der Waals surface area contributed by atoms with E-state index in [1.807, 2.05) is 0 Å². The zero-order valence-electron chi connectivity index (χ0n) is 8.37. The molecule has 0 aliphatic carbocycles. The fourth-order valence-electron chi connectivity index (χ4n) is 1.36. The van der Waals surface area contributed by atoms with Crippen molar-refractivity contribution in [2.45, 2.75) is 9.79 Å². The largest absolute Gasteiger partial charge is 0.508 e. The highest BCUT2D eigenvalue weighted by atomic mass is 32.2. The molecule has 0 unspecified atom stereocenters. The van der Waals surface area contributed by atoms with Crippen LogP contribution in [-0.4, -0.2) is 13.5 Å². The van der Waals surface area contributed by atoms with Crippen LogP contribution < -0.4 is 0 Å². The zero-order chi connectivity index (χ0) is 11.6. The van der Waals surface area contributed by atoms with Crippen molar-refractivity contribution in [3.05, 3.63) is 54.6 Å². The maximum absolute atomic E-state index is 12.1. The van der Waals surface area contributed by atoms with Crippen LogP contribution in [0.15, 0.2) is 64.4 Å². The van der Waals surface area contributed by atoms with Gasteiger partial charge in [0.25, 0.3) is 0 Å². The maximum atomic E-state index is 12.1. The van der Waals surface area contributed by atoms with Crippen molar-refractivity contribution in [1.82, 2.24) is 0 Å². The minimum Gasteiger partial charge on any atom is -0.508 e. The van der Waals surface area contributed by atoms with Gasteiger partial charge in [0, 0.05) is 0 Å². The van der Waals surface area contributed by atoms with Crippen LogP contribution in [0.5, 0.6) is 5.75 Å². The molecule has 2 aromatic carbocycles. The molecule has 0 spiro atoms. The van der Waals surface area contributed by atoms with E-state index in [9.17, 15) is 8.42 Å². The van der Waals surface area contributed by atoms with E-state index in [4.69, 9.17) is 5.11 Å². The molecule has 2 aromatic rings. The number of rotatable bonds is 2. The lowest BCUT2D eigenvalue weighted by Crippen LogP contribution is -2.00. The molecule has 0 aliphatic heterocycles. The van der Waals surface area contributed by atoms with Gasteiger partial charge in [-0.2, -0.15) is 0 Å². The predicted molar refractivity (Wildman–Crippen MR) is 60.0 cm³/mol. The molecular weight excluding hydrogens is 224 g/mol. The number of aromatic hydroxyl groups is 1. The lowest BCUT2D eigenvalue weighted by molar-refractivity contribution is 0.475. The number of hydrogen-bond acceptors (Lipinski definition) is 3. The summed E-state index contributed by atoms with van der Waals surface area (Å²) in [5.74, 6) is 0.0482. The average Bonchev–Trinajstić information content (AvgIpc) is 2.31. The Morgan fingerprint density at radius 2 is 1.25 bits per heavy atom. The summed E-state index contributed by atoms with van der Waals surface area (Å²) in [5.41, 5.74) is 0. The lowest BCUT2D eigenvalue weighted by Gasteiger charge is -2.03. The molecule has 16 heavy (non-hydrogen) atoms. The molecule has 0 aromatic heterocycles. The highest BCUT2D eigenvalue weighted by Gasteiger charge is 2.16. The topological polar surface area (TPSA) is 54.4 Å². The van der Waals surface area contributed by atoms with Crippen molar-refractivity contribution in [2.24, 2.45) is 0 Å². The fourth-order valence-corrected chi connectivity index (χ4v) is 2.64. The first-order valence-electron chi connectivity index (χ1n) is 4.70. The Bertz CT molecular complexity index is 571. The summed E-state index contributed by atoms with van der Waals surface area (Å²) in [7, 11) is -3.47. The molecule has 82 valence electrons.